The molecule has 1 saturated heterocycles. The van der Waals surface area contributed by atoms with E-state index in [-0.39, 0.29) is 37.0 Å². The van der Waals surface area contributed by atoms with E-state index in [0.717, 1.165) is 49.0 Å². The Balaban J connectivity index is 0.00000160. The van der Waals surface area contributed by atoms with Crippen molar-refractivity contribution in [2.45, 2.75) is 18.8 Å². The van der Waals surface area contributed by atoms with Gasteiger partial charge in [-0.3, -0.25) is 4.90 Å². The second kappa shape index (κ2) is 11.6. The molecule has 2 aromatic rings. The minimum absolute atomic E-state index is 0. The van der Waals surface area contributed by atoms with E-state index in [1.54, 1.807) is 14.2 Å². The number of fused-ring (bicyclic) bond motifs is 1. The third kappa shape index (κ3) is 5.50. The molecule has 2 aliphatic rings. The van der Waals surface area contributed by atoms with Crippen LogP contribution in [-0.2, 0) is 11.3 Å². The molecule has 166 valence electrons. The fraction of sp³-hybridized carbons (Fsp3) is 0.455. The topological polar surface area (TPSA) is 52.2 Å². The molecule has 6 nitrogen and oxygen atoms in total. The van der Waals surface area contributed by atoms with Gasteiger partial charge in [0.2, 0.25) is 0 Å². The molecule has 2 heterocycles. The molecule has 1 fully saturated rings. The molecule has 2 aliphatic heterocycles. The van der Waals surface area contributed by atoms with Gasteiger partial charge in [0.05, 0.1) is 26.9 Å². The van der Waals surface area contributed by atoms with Crippen molar-refractivity contribution in [2.24, 2.45) is 0 Å². The Bertz CT molecular complexity index is 780. The van der Waals surface area contributed by atoms with Gasteiger partial charge in [-0.25, -0.2) is 0 Å². The van der Waals surface area contributed by atoms with Crippen LogP contribution in [-0.4, -0.2) is 58.0 Å². The number of benzene rings is 2. The molecule has 2 aromatic carbocycles. The summed E-state index contributed by atoms with van der Waals surface area (Å²) in [5, 5.41) is 3.43. The van der Waals surface area contributed by atoms with E-state index in [2.05, 4.69) is 22.3 Å². The van der Waals surface area contributed by atoms with Crippen molar-refractivity contribution in [1.29, 1.82) is 0 Å². The fourth-order valence-corrected chi connectivity index (χ4v) is 4.00. The van der Waals surface area contributed by atoms with E-state index in [1.807, 2.05) is 30.3 Å². The first-order chi connectivity index (χ1) is 13.8. The number of nitrogens with zero attached hydrogens (tertiary/aromatic N) is 1. The standard InChI is InChI=1S/C22H28N2O4.2ClH/c1-25-17-11-16(12-18(13-17)26-2)14-27-21-15-28-20-6-4-3-5-19(20)22(21)24-9-7-23-8-10-24;;/h3-6,11-13,21-23H,7-10,14-15H2,1-2H3;2*1H. The summed E-state index contributed by atoms with van der Waals surface area (Å²) in [7, 11) is 3.32. The maximum atomic E-state index is 6.39. The van der Waals surface area contributed by atoms with E-state index in [0.29, 0.717) is 13.2 Å². The van der Waals surface area contributed by atoms with Gasteiger partial charge in [-0.05, 0) is 23.8 Å². The van der Waals surface area contributed by atoms with Crippen LogP contribution in [0.25, 0.3) is 0 Å². The van der Waals surface area contributed by atoms with E-state index in [9.17, 15) is 0 Å². The van der Waals surface area contributed by atoms with Crippen LogP contribution in [0, 0.1) is 0 Å². The molecule has 2 unspecified atom stereocenters. The smallest absolute Gasteiger partial charge is 0.124 e. The van der Waals surface area contributed by atoms with Crippen molar-refractivity contribution < 1.29 is 18.9 Å². The zero-order valence-electron chi connectivity index (χ0n) is 17.3. The Hall–Kier alpha value is -1.70. The van der Waals surface area contributed by atoms with Crippen molar-refractivity contribution in [3.8, 4) is 17.2 Å². The monoisotopic (exact) mass is 456 g/mol. The van der Waals surface area contributed by atoms with Gasteiger partial charge in [0.15, 0.2) is 0 Å². The number of methoxy groups -OCH3 is 2. The van der Waals surface area contributed by atoms with Gasteiger partial charge in [-0.15, -0.1) is 24.8 Å². The lowest BCUT2D eigenvalue weighted by atomic mass is 9.95. The normalized spacial score (nSPS) is 20.7. The van der Waals surface area contributed by atoms with Crippen LogP contribution in [0.2, 0.25) is 0 Å². The third-order valence-electron chi connectivity index (χ3n) is 5.41. The molecule has 0 amide bonds. The molecule has 30 heavy (non-hydrogen) atoms. The Morgan fingerprint density at radius 1 is 1.00 bits per heavy atom. The predicted octanol–water partition coefficient (Wildman–Crippen LogP) is 3.47. The molecular formula is C22H30Cl2N2O4. The van der Waals surface area contributed by atoms with Crippen LogP contribution >= 0.6 is 24.8 Å². The SMILES string of the molecule is COc1cc(COC2COc3ccccc3C2N2CCNCC2)cc(OC)c1.Cl.Cl. The second-order valence-corrected chi connectivity index (χ2v) is 7.15. The molecule has 2 atom stereocenters. The van der Waals surface area contributed by atoms with Crippen LogP contribution in [0.4, 0.5) is 0 Å². The third-order valence-corrected chi connectivity index (χ3v) is 5.41. The Morgan fingerprint density at radius 2 is 1.67 bits per heavy atom. The van der Waals surface area contributed by atoms with Gasteiger partial charge in [0, 0.05) is 37.8 Å². The van der Waals surface area contributed by atoms with Gasteiger partial charge in [-0.1, -0.05) is 18.2 Å². The average molecular weight is 457 g/mol. The number of para-hydroxylation sites is 1. The van der Waals surface area contributed by atoms with E-state index in [4.69, 9.17) is 18.9 Å². The predicted molar refractivity (Wildman–Crippen MR) is 122 cm³/mol. The van der Waals surface area contributed by atoms with Gasteiger partial charge in [0.25, 0.3) is 0 Å². The molecule has 0 bridgehead atoms. The summed E-state index contributed by atoms with van der Waals surface area (Å²) < 4.78 is 23.2. The second-order valence-electron chi connectivity index (χ2n) is 7.15. The van der Waals surface area contributed by atoms with Gasteiger partial charge in [0.1, 0.15) is 30.0 Å². The highest BCUT2D eigenvalue weighted by atomic mass is 35.5. The molecule has 1 N–H and O–H groups in total. The van der Waals surface area contributed by atoms with E-state index < -0.39 is 0 Å². The van der Waals surface area contributed by atoms with Crippen LogP contribution in [0.1, 0.15) is 17.2 Å². The highest BCUT2D eigenvalue weighted by molar-refractivity contribution is 5.85. The van der Waals surface area contributed by atoms with Crippen LogP contribution in [0.15, 0.2) is 42.5 Å². The summed E-state index contributed by atoms with van der Waals surface area (Å²) in [6.45, 7) is 5.04. The average Bonchev–Trinajstić information content (AvgIpc) is 2.77. The van der Waals surface area contributed by atoms with Crippen molar-refractivity contribution in [2.75, 3.05) is 47.0 Å². The molecule has 8 heteroatoms. The minimum atomic E-state index is -0.0369. The zero-order chi connectivity index (χ0) is 19.3. The summed E-state index contributed by atoms with van der Waals surface area (Å²) >= 11 is 0. The summed E-state index contributed by atoms with van der Waals surface area (Å²) in [5.41, 5.74) is 2.23. The number of rotatable bonds is 6. The van der Waals surface area contributed by atoms with Crippen molar-refractivity contribution in [1.82, 2.24) is 10.2 Å². The van der Waals surface area contributed by atoms with Crippen molar-refractivity contribution >= 4 is 24.8 Å². The molecule has 0 aromatic heterocycles. The maximum absolute atomic E-state index is 6.39. The molecule has 0 saturated carbocycles. The maximum Gasteiger partial charge on any atom is 0.124 e. The van der Waals surface area contributed by atoms with E-state index >= 15 is 0 Å². The molecule has 0 radical (unpaired) electrons. The largest absolute Gasteiger partial charge is 0.497 e. The lowest BCUT2D eigenvalue weighted by Crippen LogP contribution is -2.51. The number of nitrogens with one attached hydrogen (secondary N) is 1. The highest BCUT2D eigenvalue weighted by Crippen LogP contribution is 2.38. The number of hydrogen-bond acceptors (Lipinski definition) is 6. The number of hydrogen-bond donors (Lipinski definition) is 1. The zero-order valence-corrected chi connectivity index (χ0v) is 19.0. The Kier molecular flexibility index (Phi) is 9.52. The van der Waals surface area contributed by atoms with Gasteiger partial charge < -0.3 is 24.3 Å². The minimum Gasteiger partial charge on any atom is -0.497 e. The number of ether oxygens (including phenoxy) is 4. The summed E-state index contributed by atoms with van der Waals surface area (Å²) in [6, 6.07) is 14.3. The number of piperazine rings is 1. The first kappa shape index (κ1) is 24.6. The highest BCUT2D eigenvalue weighted by Gasteiger charge is 2.36. The van der Waals surface area contributed by atoms with Crippen LogP contribution < -0.4 is 19.5 Å². The fourth-order valence-electron chi connectivity index (χ4n) is 4.00. The Morgan fingerprint density at radius 3 is 2.33 bits per heavy atom. The van der Waals surface area contributed by atoms with Crippen LogP contribution in [0.5, 0.6) is 17.2 Å². The Labute approximate surface area is 190 Å². The van der Waals surface area contributed by atoms with Gasteiger partial charge >= 0.3 is 0 Å². The number of halogens is 2. The lowest BCUT2D eigenvalue weighted by Gasteiger charge is -2.42. The van der Waals surface area contributed by atoms with Crippen LogP contribution in [0.3, 0.4) is 0 Å². The summed E-state index contributed by atoms with van der Waals surface area (Å²) in [6.07, 6.45) is -0.0369. The van der Waals surface area contributed by atoms with Crippen molar-refractivity contribution in [3.05, 3.63) is 53.6 Å². The first-order valence-electron chi connectivity index (χ1n) is 9.78. The quantitative estimate of drug-likeness (QED) is 0.717. The molecule has 0 spiro atoms. The first-order valence-corrected chi connectivity index (χ1v) is 9.78. The summed E-state index contributed by atoms with van der Waals surface area (Å²) in [4.78, 5) is 2.51. The van der Waals surface area contributed by atoms with Gasteiger partial charge in [-0.2, -0.15) is 0 Å². The molecule has 4 rings (SSSR count). The lowest BCUT2D eigenvalue weighted by molar-refractivity contribution is -0.0617. The van der Waals surface area contributed by atoms with E-state index in [1.165, 1.54) is 5.56 Å². The van der Waals surface area contributed by atoms with Crippen molar-refractivity contribution in [3.63, 3.8) is 0 Å². The summed E-state index contributed by atoms with van der Waals surface area (Å²) in [5.74, 6) is 2.50. The molecular weight excluding hydrogens is 427 g/mol. The molecule has 0 aliphatic carbocycles.